The number of halogens is 3. The molecule has 3 amide bonds. The number of anilines is 1. The van der Waals surface area contributed by atoms with E-state index in [9.17, 15) is 27.6 Å². The molecule has 0 aromatic heterocycles. The summed E-state index contributed by atoms with van der Waals surface area (Å²) in [5.41, 5.74) is 6.38. The van der Waals surface area contributed by atoms with Crippen molar-refractivity contribution in [3.05, 3.63) is 29.6 Å². The fourth-order valence-corrected chi connectivity index (χ4v) is 4.62. The standard InChI is InChI=1S/C25H36F3N5O3/c1-3-21(34)30-20(24(36)33-12-10-32(2)11-13-33)15-16-4-5-19(18(26)14-16)31-23(35)22(29)17-6-8-25(27,28)9-7-17/h4-5,14,17,20,22H,3,6-13,15,29H2,1-2H3,(H,30,34)(H,31,35)/t20-,22+/m1/s1. The lowest BCUT2D eigenvalue weighted by atomic mass is 9.82. The summed E-state index contributed by atoms with van der Waals surface area (Å²) in [6, 6.07) is 2.32. The summed E-state index contributed by atoms with van der Waals surface area (Å²) >= 11 is 0. The molecule has 2 aliphatic rings. The van der Waals surface area contributed by atoms with Gasteiger partial charge < -0.3 is 26.2 Å². The van der Waals surface area contributed by atoms with Crippen molar-refractivity contribution in [1.29, 1.82) is 0 Å². The van der Waals surface area contributed by atoms with Crippen LogP contribution in [-0.2, 0) is 20.8 Å². The second-order valence-corrected chi connectivity index (χ2v) is 9.83. The van der Waals surface area contributed by atoms with Gasteiger partial charge in [-0.25, -0.2) is 13.2 Å². The van der Waals surface area contributed by atoms with Crippen LogP contribution in [-0.4, -0.2) is 78.8 Å². The lowest BCUT2D eigenvalue weighted by molar-refractivity contribution is -0.137. The number of amides is 3. The van der Waals surface area contributed by atoms with Gasteiger partial charge in [-0.15, -0.1) is 0 Å². The van der Waals surface area contributed by atoms with Gasteiger partial charge in [0.1, 0.15) is 11.9 Å². The van der Waals surface area contributed by atoms with Crippen molar-refractivity contribution in [2.75, 3.05) is 38.5 Å². The molecule has 0 unspecified atom stereocenters. The molecule has 8 nitrogen and oxygen atoms in total. The topological polar surface area (TPSA) is 108 Å². The quantitative estimate of drug-likeness (QED) is 0.496. The van der Waals surface area contributed by atoms with Crippen LogP contribution in [0.3, 0.4) is 0 Å². The van der Waals surface area contributed by atoms with Crippen LogP contribution in [0.2, 0.25) is 0 Å². The summed E-state index contributed by atoms with van der Waals surface area (Å²) in [5.74, 6) is -4.95. The number of nitrogens with two attached hydrogens (primary N) is 1. The van der Waals surface area contributed by atoms with Gasteiger partial charge in [0.2, 0.25) is 23.6 Å². The molecule has 1 aromatic rings. The molecule has 1 aliphatic carbocycles. The molecule has 0 spiro atoms. The summed E-state index contributed by atoms with van der Waals surface area (Å²) in [5, 5.41) is 5.19. The summed E-state index contributed by atoms with van der Waals surface area (Å²) in [7, 11) is 1.97. The zero-order chi connectivity index (χ0) is 26.5. The van der Waals surface area contributed by atoms with E-state index in [1.807, 2.05) is 7.05 Å². The first-order chi connectivity index (χ1) is 17.0. The molecule has 4 N–H and O–H groups in total. The number of hydrogen-bond donors (Lipinski definition) is 3. The Bertz CT molecular complexity index is 943. The number of nitrogens with zero attached hydrogens (tertiary/aromatic N) is 2. The maximum Gasteiger partial charge on any atom is 0.248 e. The van der Waals surface area contributed by atoms with Crippen molar-refractivity contribution >= 4 is 23.4 Å². The molecule has 1 aliphatic heterocycles. The number of alkyl halides is 2. The summed E-state index contributed by atoms with van der Waals surface area (Å²) in [4.78, 5) is 41.5. The number of rotatable bonds is 8. The highest BCUT2D eigenvalue weighted by Crippen LogP contribution is 2.37. The minimum absolute atomic E-state index is 0.0834. The average Bonchev–Trinajstić information content (AvgIpc) is 2.84. The number of carbonyl (C=O) groups excluding carboxylic acids is 3. The van der Waals surface area contributed by atoms with Crippen LogP contribution in [0.4, 0.5) is 18.9 Å². The van der Waals surface area contributed by atoms with Gasteiger partial charge in [0.25, 0.3) is 0 Å². The molecular formula is C25H36F3N5O3. The van der Waals surface area contributed by atoms with Crippen molar-refractivity contribution in [1.82, 2.24) is 15.1 Å². The van der Waals surface area contributed by atoms with Crippen LogP contribution in [0.15, 0.2) is 18.2 Å². The first-order valence-electron chi connectivity index (χ1n) is 12.5. The van der Waals surface area contributed by atoms with Crippen LogP contribution < -0.4 is 16.4 Å². The molecule has 1 heterocycles. The fourth-order valence-electron chi connectivity index (χ4n) is 4.62. The highest BCUT2D eigenvalue weighted by molar-refractivity contribution is 5.95. The molecule has 36 heavy (non-hydrogen) atoms. The Morgan fingerprint density at radius 1 is 1.14 bits per heavy atom. The Morgan fingerprint density at radius 2 is 1.78 bits per heavy atom. The minimum atomic E-state index is -2.73. The van der Waals surface area contributed by atoms with E-state index in [1.54, 1.807) is 17.9 Å². The maximum absolute atomic E-state index is 14.9. The Balaban J connectivity index is 1.64. The largest absolute Gasteiger partial charge is 0.344 e. The molecule has 1 aromatic carbocycles. The van der Waals surface area contributed by atoms with Crippen LogP contribution in [0.5, 0.6) is 0 Å². The number of hydrogen-bond acceptors (Lipinski definition) is 5. The van der Waals surface area contributed by atoms with Crippen LogP contribution in [0, 0.1) is 11.7 Å². The van der Waals surface area contributed by atoms with Gasteiger partial charge >= 0.3 is 0 Å². The second kappa shape index (κ2) is 12.1. The van der Waals surface area contributed by atoms with Gasteiger partial charge in [-0.2, -0.15) is 0 Å². The van der Waals surface area contributed by atoms with Crippen molar-refractivity contribution in [3.63, 3.8) is 0 Å². The third-order valence-corrected chi connectivity index (χ3v) is 7.07. The van der Waals surface area contributed by atoms with E-state index in [0.29, 0.717) is 18.7 Å². The third-order valence-electron chi connectivity index (χ3n) is 7.07. The molecule has 2 atom stereocenters. The molecule has 0 radical (unpaired) electrons. The smallest absolute Gasteiger partial charge is 0.248 e. The number of benzene rings is 1. The second-order valence-electron chi connectivity index (χ2n) is 9.83. The van der Waals surface area contributed by atoms with Gasteiger partial charge in [-0.1, -0.05) is 13.0 Å². The Morgan fingerprint density at radius 3 is 2.36 bits per heavy atom. The van der Waals surface area contributed by atoms with Crippen molar-refractivity contribution in [3.8, 4) is 0 Å². The van der Waals surface area contributed by atoms with Crippen molar-refractivity contribution in [2.45, 2.75) is 63.5 Å². The fraction of sp³-hybridized carbons (Fsp3) is 0.640. The number of carbonyl (C=O) groups is 3. The normalized spacial score (nSPS) is 20.4. The van der Waals surface area contributed by atoms with Gasteiger partial charge in [0.05, 0.1) is 11.7 Å². The predicted molar refractivity (Wildman–Crippen MR) is 130 cm³/mol. The van der Waals surface area contributed by atoms with E-state index in [1.165, 1.54) is 12.1 Å². The van der Waals surface area contributed by atoms with Gasteiger partial charge in [-0.05, 0) is 43.5 Å². The van der Waals surface area contributed by atoms with Crippen LogP contribution >= 0.6 is 0 Å². The number of likely N-dealkylation sites (N-methyl/N-ethyl adjacent to an activating group) is 1. The van der Waals surface area contributed by atoms with Crippen molar-refractivity contribution in [2.24, 2.45) is 11.7 Å². The maximum atomic E-state index is 14.9. The predicted octanol–water partition coefficient (Wildman–Crippen LogP) is 2.13. The van der Waals surface area contributed by atoms with E-state index < -0.39 is 35.6 Å². The lowest BCUT2D eigenvalue weighted by Gasteiger charge is -2.34. The van der Waals surface area contributed by atoms with E-state index in [-0.39, 0.29) is 56.0 Å². The zero-order valence-corrected chi connectivity index (χ0v) is 20.9. The Hall–Kier alpha value is -2.66. The molecule has 11 heteroatoms. The third kappa shape index (κ3) is 7.42. The Labute approximate surface area is 209 Å². The molecule has 1 saturated heterocycles. The minimum Gasteiger partial charge on any atom is -0.344 e. The molecule has 0 bridgehead atoms. The number of piperazine rings is 1. The van der Waals surface area contributed by atoms with E-state index in [0.717, 1.165) is 13.1 Å². The van der Waals surface area contributed by atoms with Crippen molar-refractivity contribution < 1.29 is 27.6 Å². The number of nitrogens with one attached hydrogen (secondary N) is 2. The zero-order valence-electron chi connectivity index (χ0n) is 20.9. The summed E-state index contributed by atoms with van der Waals surface area (Å²) in [6.07, 6.45) is -0.0540. The summed E-state index contributed by atoms with van der Waals surface area (Å²) in [6.45, 7) is 4.24. The highest BCUT2D eigenvalue weighted by Gasteiger charge is 2.38. The Kier molecular flexibility index (Phi) is 9.35. The van der Waals surface area contributed by atoms with Crippen LogP contribution in [0.1, 0.15) is 44.6 Å². The molecular weight excluding hydrogens is 475 g/mol. The van der Waals surface area contributed by atoms with Gasteiger partial charge in [-0.3, -0.25) is 14.4 Å². The molecule has 1 saturated carbocycles. The van der Waals surface area contributed by atoms with Crippen LogP contribution in [0.25, 0.3) is 0 Å². The molecule has 3 rings (SSSR count). The van der Waals surface area contributed by atoms with E-state index in [4.69, 9.17) is 5.73 Å². The van der Waals surface area contributed by atoms with Gasteiger partial charge in [0, 0.05) is 51.9 Å². The van der Waals surface area contributed by atoms with Gasteiger partial charge in [0.15, 0.2) is 0 Å². The average molecular weight is 512 g/mol. The highest BCUT2D eigenvalue weighted by atomic mass is 19.3. The first kappa shape index (κ1) is 27.9. The van der Waals surface area contributed by atoms with E-state index in [2.05, 4.69) is 15.5 Å². The first-order valence-corrected chi connectivity index (χ1v) is 12.5. The van der Waals surface area contributed by atoms with E-state index >= 15 is 0 Å². The summed E-state index contributed by atoms with van der Waals surface area (Å²) < 4.78 is 41.6. The lowest BCUT2D eigenvalue weighted by Crippen LogP contribution is -2.54. The SMILES string of the molecule is CCC(=O)N[C@H](Cc1ccc(NC(=O)[C@@H](N)C2CCC(F)(F)CC2)c(F)c1)C(=O)N1CCN(C)CC1. The molecule has 2 fully saturated rings. The monoisotopic (exact) mass is 511 g/mol. The molecule has 200 valence electrons.